The van der Waals surface area contributed by atoms with Gasteiger partial charge < -0.3 is 5.32 Å². The maximum absolute atomic E-state index is 3.51. The van der Waals surface area contributed by atoms with Crippen LogP contribution in [0.1, 0.15) is 52.4 Å². The van der Waals surface area contributed by atoms with Gasteiger partial charge in [0.25, 0.3) is 0 Å². The van der Waals surface area contributed by atoms with Crippen LogP contribution in [0.25, 0.3) is 0 Å². The summed E-state index contributed by atoms with van der Waals surface area (Å²) in [5, 5.41) is 3.51. The maximum Gasteiger partial charge on any atom is -0.00180 e. The number of piperidine rings is 1. The van der Waals surface area contributed by atoms with Crippen molar-refractivity contribution in [3.05, 3.63) is 0 Å². The van der Waals surface area contributed by atoms with Crippen LogP contribution in [0.15, 0.2) is 0 Å². The first-order valence-corrected chi connectivity index (χ1v) is 6.05. The zero-order chi connectivity index (χ0) is 9.52. The van der Waals surface area contributed by atoms with Crippen LogP contribution in [-0.4, -0.2) is 13.1 Å². The molecule has 0 aliphatic carbocycles. The molecule has 1 saturated heterocycles. The number of hydrogen-bond acceptors (Lipinski definition) is 1. The fourth-order valence-corrected chi connectivity index (χ4v) is 2.32. The highest BCUT2D eigenvalue weighted by atomic mass is 14.9. The Morgan fingerprint density at radius 2 is 2.23 bits per heavy atom. The summed E-state index contributed by atoms with van der Waals surface area (Å²) in [6, 6.07) is 0. The number of nitrogens with one attached hydrogen (secondary N) is 1. The molecule has 2 atom stereocenters. The molecule has 1 aliphatic rings. The molecular weight excluding hydrogens is 158 g/mol. The molecule has 1 heteroatoms. The lowest BCUT2D eigenvalue weighted by Crippen LogP contribution is -2.33. The standard InChI is InChI=1S/C12H25N/c1-3-4-5-7-11(2)12-8-6-9-13-10-12/h11-13H,3-10H2,1-2H3. The predicted octanol–water partition coefficient (Wildman–Crippen LogP) is 3.20. The fourth-order valence-electron chi connectivity index (χ4n) is 2.32. The largest absolute Gasteiger partial charge is 0.316 e. The van der Waals surface area contributed by atoms with E-state index in [1.165, 1.54) is 51.6 Å². The molecule has 0 saturated carbocycles. The van der Waals surface area contributed by atoms with Crippen molar-refractivity contribution in [2.24, 2.45) is 11.8 Å². The van der Waals surface area contributed by atoms with Crippen molar-refractivity contribution in [1.29, 1.82) is 0 Å². The molecule has 0 bridgehead atoms. The van der Waals surface area contributed by atoms with Crippen LogP contribution < -0.4 is 5.32 Å². The van der Waals surface area contributed by atoms with Crippen molar-refractivity contribution < 1.29 is 0 Å². The Bertz CT molecular complexity index is 116. The van der Waals surface area contributed by atoms with Crippen LogP contribution in [0.4, 0.5) is 0 Å². The molecule has 0 aromatic heterocycles. The van der Waals surface area contributed by atoms with Gasteiger partial charge in [-0.2, -0.15) is 0 Å². The second-order valence-corrected chi connectivity index (χ2v) is 4.58. The van der Waals surface area contributed by atoms with Gasteiger partial charge in [-0.05, 0) is 37.8 Å². The molecule has 0 radical (unpaired) electrons. The minimum absolute atomic E-state index is 0.944. The lowest BCUT2D eigenvalue weighted by Gasteiger charge is -2.28. The molecule has 0 spiro atoms. The van der Waals surface area contributed by atoms with Gasteiger partial charge in [0, 0.05) is 0 Å². The molecular formula is C12H25N. The molecule has 1 heterocycles. The first kappa shape index (κ1) is 11.0. The SMILES string of the molecule is CCCCCC(C)C1CCCNC1. The Morgan fingerprint density at radius 3 is 2.85 bits per heavy atom. The summed E-state index contributed by atoms with van der Waals surface area (Å²) in [6.45, 7) is 7.24. The van der Waals surface area contributed by atoms with Crippen LogP contribution in [-0.2, 0) is 0 Å². The van der Waals surface area contributed by atoms with Gasteiger partial charge in [0.15, 0.2) is 0 Å². The smallest absolute Gasteiger partial charge is 0.00180 e. The van der Waals surface area contributed by atoms with E-state index in [1.54, 1.807) is 0 Å². The van der Waals surface area contributed by atoms with E-state index < -0.39 is 0 Å². The van der Waals surface area contributed by atoms with E-state index in [1.807, 2.05) is 0 Å². The van der Waals surface area contributed by atoms with E-state index in [0.29, 0.717) is 0 Å². The molecule has 13 heavy (non-hydrogen) atoms. The summed E-state index contributed by atoms with van der Waals surface area (Å²) < 4.78 is 0. The van der Waals surface area contributed by atoms with E-state index in [2.05, 4.69) is 19.2 Å². The minimum Gasteiger partial charge on any atom is -0.316 e. The summed E-state index contributed by atoms with van der Waals surface area (Å²) in [6.07, 6.45) is 8.51. The van der Waals surface area contributed by atoms with Crippen LogP contribution >= 0.6 is 0 Å². The minimum atomic E-state index is 0.944. The summed E-state index contributed by atoms with van der Waals surface area (Å²) in [5.41, 5.74) is 0. The zero-order valence-electron chi connectivity index (χ0n) is 9.31. The average Bonchev–Trinajstić information content (AvgIpc) is 2.19. The summed E-state index contributed by atoms with van der Waals surface area (Å²) in [7, 11) is 0. The van der Waals surface area contributed by atoms with Gasteiger partial charge in [-0.1, -0.05) is 39.5 Å². The Balaban J connectivity index is 2.09. The Labute approximate surface area is 83.3 Å². The Kier molecular flexibility index (Phi) is 5.45. The van der Waals surface area contributed by atoms with E-state index in [-0.39, 0.29) is 0 Å². The third kappa shape index (κ3) is 4.12. The van der Waals surface area contributed by atoms with Crippen molar-refractivity contribution >= 4 is 0 Å². The summed E-state index contributed by atoms with van der Waals surface area (Å²) in [5.74, 6) is 1.91. The van der Waals surface area contributed by atoms with Gasteiger partial charge in [-0.15, -0.1) is 0 Å². The second kappa shape index (κ2) is 6.42. The monoisotopic (exact) mass is 183 g/mol. The fraction of sp³-hybridized carbons (Fsp3) is 1.00. The van der Waals surface area contributed by atoms with Gasteiger partial charge in [-0.3, -0.25) is 0 Å². The summed E-state index contributed by atoms with van der Waals surface area (Å²) in [4.78, 5) is 0. The van der Waals surface area contributed by atoms with Crippen molar-refractivity contribution in [3.8, 4) is 0 Å². The van der Waals surface area contributed by atoms with Crippen molar-refractivity contribution in [3.63, 3.8) is 0 Å². The van der Waals surface area contributed by atoms with E-state index in [4.69, 9.17) is 0 Å². The van der Waals surface area contributed by atoms with Gasteiger partial charge in [0.05, 0.1) is 0 Å². The molecule has 1 nitrogen and oxygen atoms in total. The second-order valence-electron chi connectivity index (χ2n) is 4.58. The highest BCUT2D eigenvalue weighted by molar-refractivity contribution is 4.73. The van der Waals surface area contributed by atoms with Crippen LogP contribution in [0, 0.1) is 11.8 Å². The van der Waals surface area contributed by atoms with Crippen LogP contribution in [0.5, 0.6) is 0 Å². The van der Waals surface area contributed by atoms with Crippen molar-refractivity contribution in [2.75, 3.05) is 13.1 Å². The summed E-state index contributed by atoms with van der Waals surface area (Å²) >= 11 is 0. The van der Waals surface area contributed by atoms with Gasteiger partial charge in [0.2, 0.25) is 0 Å². The molecule has 1 fully saturated rings. The molecule has 0 aromatic rings. The number of hydrogen-bond donors (Lipinski definition) is 1. The van der Waals surface area contributed by atoms with Gasteiger partial charge in [0.1, 0.15) is 0 Å². The molecule has 1 N–H and O–H groups in total. The molecule has 1 aliphatic heterocycles. The Hall–Kier alpha value is -0.0400. The highest BCUT2D eigenvalue weighted by Crippen LogP contribution is 2.24. The number of unbranched alkanes of at least 4 members (excludes halogenated alkanes) is 2. The first-order chi connectivity index (χ1) is 6.34. The van der Waals surface area contributed by atoms with E-state index in [0.717, 1.165) is 11.8 Å². The van der Waals surface area contributed by atoms with Crippen molar-refractivity contribution in [1.82, 2.24) is 5.32 Å². The number of rotatable bonds is 5. The lowest BCUT2D eigenvalue weighted by molar-refractivity contribution is 0.263. The van der Waals surface area contributed by atoms with E-state index in [9.17, 15) is 0 Å². The predicted molar refractivity (Wildman–Crippen MR) is 58.9 cm³/mol. The van der Waals surface area contributed by atoms with Crippen LogP contribution in [0.2, 0.25) is 0 Å². The topological polar surface area (TPSA) is 12.0 Å². The molecule has 78 valence electrons. The zero-order valence-corrected chi connectivity index (χ0v) is 9.31. The van der Waals surface area contributed by atoms with Gasteiger partial charge in [-0.25, -0.2) is 0 Å². The molecule has 0 amide bonds. The average molecular weight is 183 g/mol. The molecule has 1 rings (SSSR count). The third-order valence-corrected chi connectivity index (χ3v) is 3.40. The lowest BCUT2D eigenvalue weighted by atomic mass is 9.84. The Morgan fingerprint density at radius 1 is 1.38 bits per heavy atom. The molecule has 0 aromatic carbocycles. The molecule has 2 unspecified atom stereocenters. The van der Waals surface area contributed by atoms with Crippen molar-refractivity contribution in [2.45, 2.75) is 52.4 Å². The highest BCUT2D eigenvalue weighted by Gasteiger charge is 2.18. The maximum atomic E-state index is 3.51. The van der Waals surface area contributed by atoms with Crippen LogP contribution in [0.3, 0.4) is 0 Å². The first-order valence-electron chi connectivity index (χ1n) is 6.05. The third-order valence-electron chi connectivity index (χ3n) is 3.40. The van der Waals surface area contributed by atoms with Gasteiger partial charge >= 0.3 is 0 Å². The van der Waals surface area contributed by atoms with E-state index >= 15 is 0 Å². The quantitative estimate of drug-likeness (QED) is 0.645. The normalized spacial score (nSPS) is 25.8.